The lowest BCUT2D eigenvalue weighted by Gasteiger charge is -2.26. The van der Waals surface area contributed by atoms with Crippen LogP contribution in [-0.4, -0.2) is 98.1 Å². The molecule has 0 saturated heterocycles. The molecule has 0 spiro atoms. The van der Waals surface area contributed by atoms with E-state index in [-0.39, 0.29) is 37.4 Å². The molecule has 54 heavy (non-hydrogen) atoms. The number of H-pyrrole nitrogens is 2. The Kier molecular flexibility index (Phi) is 15.4. The fourth-order valence-electron chi connectivity index (χ4n) is 5.74. The number of thiol groups is 1. The van der Waals surface area contributed by atoms with E-state index in [1.165, 1.54) is 6.33 Å². The van der Waals surface area contributed by atoms with Gasteiger partial charge in [-0.3, -0.25) is 24.6 Å². The van der Waals surface area contributed by atoms with E-state index in [1.54, 1.807) is 42.7 Å². The van der Waals surface area contributed by atoms with Crippen molar-refractivity contribution in [3.63, 3.8) is 0 Å². The number of nitrogens with one attached hydrogen (secondary N) is 8. The van der Waals surface area contributed by atoms with E-state index in [9.17, 15) is 29.1 Å². The minimum Gasteiger partial charge on any atom is -0.480 e. The molecule has 0 aliphatic rings. The number of carbonyl (C=O) groups is 5. The number of amides is 4. The number of nitrogens with zero attached hydrogens (tertiary/aromatic N) is 1. The molecule has 4 rings (SSSR count). The summed E-state index contributed by atoms with van der Waals surface area (Å²) in [5.74, 6) is -4.22. The smallest absolute Gasteiger partial charge is 0.326 e. The third-order valence-corrected chi connectivity index (χ3v) is 9.03. The van der Waals surface area contributed by atoms with E-state index in [0.29, 0.717) is 36.2 Å². The van der Waals surface area contributed by atoms with E-state index in [1.807, 2.05) is 24.3 Å². The van der Waals surface area contributed by atoms with Crippen LogP contribution in [0.4, 0.5) is 0 Å². The lowest BCUT2D eigenvalue weighted by atomic mass is 10.0. The first-order valence-electron chi connectivity index (χ1n) is 17.4. The number of unbranched alkanes of at least 4 members (excludes halogenated alkanes) is 1. The van der Waals surface area contributed by atoms with Crippen LogP contribution >= 0.6 is 12.6 Å². The van der Waals surface area contributed by atoms with Gasteiger partial charge in [-0.05, 0) is 36.5 Å². The van der Waals surface area contributed by atoms with Gasteiger partial charge in [0.1, 0.15) is 24.2 Å². The van der Waals surface area contributed by atoms with Crippen LogP contribution in [0.3, 0.4) is 0 Å². The molecule has 2 aromatic carbocycles. The van der Waals surface area contributed by atoms with E-state index >= 15 is 0 Å². The number of aromatic amines is 2. The van der Waals surface area contributed by atoms with Crippen molar-refractivity contribution in [3.8, 4) is 0 Å². The predicted molar refractivity (Wildman–Crippen MR) is 205 cm³/mol. The highest BCUT2D eigenvalue weighted by Crippen LogP contribution is 2.19. The first-order chi connectivity index (χ1) is 25.9. The maximum absolute atomic E-state index is 14.1. The van der Waals surface area contributed by atoms with Gasteiger partial charge in [0.25, 0.3) is 0 Å². The Morgan fingerprint density at radius 1 is 0.796 bits per heavy atom. The van der Waals surface area contributed by atoms with Gasteiger partial charge in [0, 0.05) is 54.9 Å². The highest BCUT2D eigenvalue weighted by Gasteiger charge is 2.32. The van der Waals surface area contributed by atoms with Gasteiger partial charge in [-0.1, -0.05) is 48.5 Å². The Bertz CT molecular complexity index is 1870. The van der Waals surface area contributed by atoms with E-state index in [0.717, 1.165) is 10.9 Å². The van der Waals surface area contributed by atoms with Gasteiger partial charge < -0.3 is 53.1 Å². The number of fused-ring (bicyclic) bond motifs is 1. The van der Waals surface area contributed by atoms with Crippen LogP contribution < -0.4 is 38.1 Å². The number of aromatic nitrogens is 3. The summed E-state index contributed by atoms with van der Waals surface area (Å²) < 4.78 is 0. The van der Waals surface area contributed by atoms with E-state index in [4.69, 9.17) is 16.9 Å². The molecule has 0 radical (unpaired) electrons. The second kappa shape index (κ2) is 20.4. The molecular weight excluding hydrogens is 715 g/mol. The number of hydrogen-bond acceptors (Lipinski definition) is 9. The number of imidazole rings is 1. The van der Waals surface area contributed by atoms with Gasteiger partial charge in [-0.2, -0.15) is 12.6 Å². The predicted octanol–water partition coefficient (Wildman–Crippen LogP) is -0.147. The number of guanidine groups is 1. The minimum atomic E-state index is -1.33. The average molecular weight is 762 g/mol. The first kappa shape index (κ1) is 40.9. The molecule has 0 unspecified atom stereocenters. The average Bonchev–Trinajstić information content (AvgIpc) is 3.83. The number of para-hydroxylation sites is 1. The zero-order chi connectivity index (χ0) is 39.0. The van der Waals surface area contributed by atoms with Crippen molar-refractivity contribution < 1.29 is 29.1 Å². The molecule has 2 aromatic heterocycles. The van der Waals surface area contributed by atoms with Crippen LogP contribution in [0.25, 0.3) is 10.9 Å². The molecule has 18 heteroatoms. The highest BCUT2D eigenvalue weighted by atomic mass is 32.1. The number of rotatable bonds is 21. The molecule has 0 bridgehead atoms. The van der Waals surface area contributed by atoms with E-state index < -0.39 is 59.8 Å². The third kappa shape index (κ3) is 12.4. The Morgan fingerprint density at radius 2 is 1.43 bits per heavy atom. The van der Waals surface area contributed by atoms with Crippen molar-refractivity contribution in [1.29, 1.82) is 5.41 Å². The molecule has 0 saturated carbocycles. The Labute approximate surface area is 317 Å². The van der Waals surface area contributed by atoms with Gasteiger partial charge in [0.2, 0.25) is 23.6 Å². The number of aliphatic carboxylic acids is 1. The van der Waals surface area contributed by atoms with Crippen LogP contribution in [0.1, 0.15) is 36.1 Å². The molecule has 288 valence electrons. The quantitative estimate of drug-likeness (QED) is 0.0231. The summed E-state index contributed by atoms with van der Waals surface area (Å²) >= 11 is 4.07. The topological polar surface area (TPSA) is 286 Å². The summed E-state index contributed by atoms with van der Waals surface area (Å²) in [5, 5.41) is 31.7. The number of carboxylic acids is 1. The Morgan fingerprint density at radius 3 is 2.09 bits per heavy atom. The van der Waals surface area contributed by atoms with Crippen molar-refractivity contribution in [1.82, 2.24) is 41.5 Å². The Hall–Kier alpha value is -5.88. The minimum absolute atomic E-state index is 0.0207. The lowest BCUT2D eigenvalue weighted by molar-refractivity contribution is -0.142. The molecular formula is C36H47N11O6S. The first-order valence-corrected chi connectivity index (χ1v) is 18.0. The third-order valence-electron chi connectivity index (χ3n) is 8.63. The number of carboxylic acid groups (broad SMARTS) is 1. The highest BCUT2D eigenvalue weighted by molar-refractivity contribution is 7.80. The normalized spacial score (nSPS) is 13.8. The summed E-state index contributed by atoms with van der Waals surface area (Å²) in [5.41, 5.74) is 13.9. The van der Waals surface area contributed by atoms with Crippen molar-refractivity contribution >= 4 is 59.1 Å². The largest absolute Gasteiger partial charge is 0.480 e. The standard InChI is InChI=1S/C36H47N11O6S/c37-25(19-54)31(48)45-29(16-23-18-40-20-43-23)34(51)46-28(14-21-8-2-1-3-9-21)33(50)44-27(12-6-7-13-41-36(38)39)32(49)47-30(35(52)53)15-22-17-42-26-11-5-4-10-24(22)26/h1-5,8-11,17-18,20,25,27-30,42,54H,6-7,12-16,19,37H2,(H,40,43)(H,44,50)(H,45,48)(H,46,51)(H,47,49)(H,52,53)(H4,38,39,41)/t25-,27-,28+,29-,30-/m0/s1. The number of carbonyl (C=O) groups excluding carboxylic acids is 4. The van der Waals surface area contributed by atoms with E-state index in [2.05, 4.69) is 54.2 Å². The summed E-state index contributed by atoms with van der Waals surface area (Å²) in [6.45, 7) is 0.336. The summed E-state index contributed by atoms with van der Waals surface area (Å²) in [7, 11) is 0. The molecule has 4 aromatic rings. The fourth-order valence-corrected chi connectivity index (χ4v) is 5.91. The zero-order valence-corrected chi connectivity index (χ0v) is 30.4. The van der Waals surface area contributed by atoms with Crippen LogP contribution in [0.15, 0.2) is 73.3 Å². The number of nitrogens with two attached hydrogens (primary N) is 2. The SMILES string of the molecule is N=C(N)NCCCC[C@H](NC(=O)[C@@H](Cc1ccccc1)NC(=O)[C@H](Cc1c[nH]cn1)NC(=O)[C@@H](N)CS)C(=O)N[C@@H](Cc1c[nH]c2ccccc12)C(=O)O. The van der Waals surface area contributed by atoms with Gasteiger partial charge in [0.15, 0.2) is 5.96 Å². The lowest BCUT2D eigenvalue weighted by Crippen LogP contribution is -2.59. The number of hydrogen-bond donors (Lipinski definition) is 12. The maximum Gasteiger partial charge on any atom is 0.326 e. The monoisotopic (exact) mass is 761 g/mol. The molecule has 0 aliphatic heterocycles. The molecule has 0 aliphatic carbocycles. The molecule has 17 nitrogen and oxygen atoms in total. The van der Waals surface area contributed by atoms with Gasteiger partial charge in [-0.15, -0.1) is 0 Å². The summed E-state index contributed by atoms with van der Waals surface area (Å²) in [4.78, 5) is 77.0. The molecule has 4 amide bonds. The van der Waals surface area contributed by atoms with Gasteiger partial charge in [0.05, 0.1) is 18.1 Å². The summed E-state index contributed by atoms with van der Waals surface area (Å²) in [6, 6.07) is 10.3. The van der Waals surface area contributed by atoms with Crippen molar-refractivity contribution in [2.45, 2.75) is 68.7 Å². The fraction of sp³-hybridized carbons (Fsp3) is 0.361. The van der Waals surface area contributed by atoms with Gasteiger partial charge >= 0.3 is 5.97 Å². The zero-order valence-electron chi connectivity index (χ0n) is 29.5. The second-order valence-electron chi connectivity index (χ2n) is 12.7. The Balaban J connectivity index is 1.56. The molecule has 5 atom stereocenters. The van der Waals surface area contributed by atoms with Crippen LogP contribution in [0.2, 0.25) is 0 Å². The van der Waals surface area contributed by atoms with Crippen molar-refractivity contribution in [2.75, 3.05) is 12.3 Å². The van der Waals surface area contributed by atoms with Crippen LogP contribution in [0, 0.1) is 5.41 Å². The maximum atomic E-state index is 14.1. The molecule has 2 heterocycles. The van der Waals surface area contributed by atoms with Crippen LogP contribution in [0.5, 0.6) is 0 Å². The van der Waals surface area contributed by atoms with Crippen molar-refractivity contribution in [2.24, 2.45) is 11.5 Å². The van der Waals surface area contributed by atoms with Gasteiger partial charge in [-0.25, -0.2) is 9.78 Å². The van der Waals surface area contributed by atoms with Crippen molar-refractivity contribution in [3.05, 3.63) is 90.1 Å². The molecule has 13 N–H and O–H groups in total. The van der Waals surface area contributed by atoms with Crippen LogP contribution in [-0.2, 0) is 43.2 Å². The summed E-state index contributed by atoms with van der Waals surface area (Å²) in [6.07, 6.45) is 5.62. The second-order valence-corrected chi connectivity index (χ2v) is 13.1. The number of benzene rings is 2. The molecule has 0 fully saturated rings.